The summed E-state index contributed by atoms with van der Waals surface area (Å²) in [6, 6.07) is 17.9. The van der Waals surface area contributed by atoms with Crippen molar-refractivity contribution in [3.05, 3.63) is 77.9 Å². The van der Waals surface area contributed by atoms with Crippen LogP contribution >= 0.6 is 0 Å². The number of rotatable bonds is 5. The van der Waals surface area contributed by atoms with Gasteiger partial charge in [-0.1, -0.05) is 36.9 Å². The van der Waals surface area contributed by atoms with E-state index in [9.17, 15) is 4.79 Å². The summed E-state index contributed by atoms with van der Waals surface area (Å²) in [7, 11) is 0. The molecule has 0 unspecified atom stereocenters. The van der Waals surface area contributed by atoms with Crippen LogP contribution in [0.1, 0.15) is 11.1 Å². The summed E-state index contributed by atoms with van der Waals surface area (Å²) in [4.78, 5) is 16.4. The Kier molecular flexibility index (Phi) is 5.16. The Morgan fingerprint density at radius 3 is 2.45 bits per heavy atom. The minimum absolute atomic E-state index is 0.296. The maximum atomic E-state index is 11.7. The number of benzene rings is 2. The van der Waals surface area contributed by atoms with Crippen molar-refractivity contribution in [2.24, 2.45) is 10.4 Å². The summed E-state index contributed by atoms with van der Waals surface area (Å²) >= 11 is 0. The number of carbonyl (C=O) groups is 1. The standard InChI is InChI=1S/C17H13N3O2/c1-13(11-14-5-3-2-4-6-14)17(21)22-20-19-16-9-7-15(12-18)8-10-16/h2-10H,1,11H2/b20-19+. The molecular weight excluding hydrogens is 278 g/mol. The van der Waals surface area contributed by atoms with E-state index in [1.165, 1.54) is 0 Å². The normalized spacial score (nSPS) is 10.1. The average Bonchev–Trinajstić information content (AvgIpc) is 2.56. The van der Waals surface area contributed by atoms with E-state index in [2.05, 4.69) is 17.0 Å². The molecule has 0 aliphatic heterocycles. The SMILES string of the molecule is C=C(Cc1ccccc1)C(=O)O/N=N/c1ccc(C#N)cc1. The Hall–Kier alpha value is -3.26. The van der Waals surface area contributed by atoms with Gasteiger partial charge in [-0.3, -0.25) is 4.84 Å². The number of hydrogen-bond acceptors (Lipinski definition) is 5. The van der Waals surface area contributed by atoms with Crippen LogP contribution in [-0.4, -0.2) is 5.97 Å². The first-order valence-electron chi connectivity index (χ1n) is 6.53. The van der Waals surface area contributed by atoms with Crippen LogP contribution in [0.25, 0.3) is 0 Å². The lowest BCUT2D eigenvalue weighted by atomic mass is 10.1. The van der Waals surface area contributed by atoms with Gasteiger partial charge in [-0.25, -0.2) is 4.79 Å². The summed E-state index contributed by atoms with van der Waals surface area (Å²) in [6.07, 6.45) is 0.395. The maximum absolute atomic E-state index is 11.7. The van der Waals surface area contributed by atoms with E-state index in [-0.39, 0.29) is 0 Å². The molecule has 22 heavy (non-hydrogen) atoms. The second kappa shape index (κ2) is 7.50. The topological polar surface area (TPSA) is 74.8 Å². The largest absolute Gasteiger partial charge is 0.363 e. The van der Waals surface area contributed by atoms with E-state index in [0.717, 1.165) is 5.56 Å². The van der Waals surface area contributed by atoms with Crippen LogP contribution in [0.2, 0.25) is 0 Å². The van der Waals surface area contributed by atoms with Crippen molar-refractivity contribution in [1.29, 1.82) is 5.26 Å². The zero-order valence-corrected chi connectivity index (χ0v) is 11.8. The molecule has 0 heterocycles. The van der Waals surface area contributed by atoms with Crippen LogP contribution in [0.15, 0.2) is 77.1 Å². The average molecular weight is 291 g/mol. The molecule has 5 nitrogen and oxygen atoms in total. The fourth-order valence-corrected chi connectivity index (χ4v) is 1.69. The molecule has 2 aromatic rings. The highest BCUT2D eigenvalue weighted by Gasteiger charge is 2.09. The van der Waals surface area contributed by atoms with Crippen LogP contribution in [0.5, 0.6) is 0 Å². The van der Waals surface area contributed by atoms with Gasteiger partial charge < -0.3 is 0 Å². The molecule has 0 radical (unpaired) electrons. The second-order valence-corrected chi connectivity index (χ2v) is 4.49. The third kappa shape index (κ3) is 4.39. The van der Waals surface area contributed by atoms with Gasteiger partial charge >= 0.3 is 5.97 Å². The van der Waals surface area contributed by atoms with Gasteiger partial charge in [0.2, 0.25) is 0 Å². The minimum atomic E-state index is -0.624. The Bertz CT molecular complexity index is 729. The molecule has 0 bridgehead atoms. The third-order valence-corrected chi connectivity index (χ3v) is 2.83. The first kappa shape index (κ1) is 15.1. The van der Waals surface area contributed by atoms with E-state index in [1.54, 1.807) is 24.3 Å². The zero-order valence-electron chi connectivity index (χ0n) is 11.8. The first-order chi connectivity index (χ1) is 10.7. The van der Waals surface area contributed by atoms with Crippen molar-refractivity contribution in [3.8, 4) is 6.07 Å². The lowest BCUT2D eigenvalue weighted by molar-refractivity contribution is -0.140. The van der Waals surface area contributed by atoms with E-state index >= 15 is 0 Å². The third-order valence-electron chi connectivity index (χ3n) is 2.83. The van der Waals surface area contributed by atoms with Crippen molar-refractivity contribution >= 4 is 11.7 Å². The van der Waals surface area contributed by atoms with Crippen LogP contribution in [0, 0.1) is 11.3 Å². The fourth-order valence-electron chi connectivity index (χ4n) is 1.69. The van der Waals surface area contributed by atoms with Gasteiger partial charge in [-0.15, -0.1) is 5.11 Å². The molecule has 2 rings (SSSR count). The van der Waals surface area contributed by atoms with Crippen molar-refractivity contribution in [2.45, 2.75) is 6.42 Å². The van der Waals surface area contributed by atoms with Gasteiger partial charge in [0, 0.05) is 17.3 Å². The molecule has 0 aliphatic rings. The van der Waals surface area contributed by atoms with Gasteiger partial charge in [0.25, 0.3) is 0 Å². The first-order valence-corrected chi connectivity index (χ1v) is 6.53. The fraction of sp³-hybridized carbons (Fsp3) is 0.0588. The Morgan fingerprint density at radius 1 is 1.14 bits per heavy atom. The number of carbonyl (C=O) groups excluding carboxylic acids is 1. The number of nitrogens with zero attached hydrogens (tertiary/aromatic N) is 3. The van der Waals surface area contributed by atoms with E-state index in [4.69, 9.17) is 10.1 Å². The Labute approximate surface area is 128 Å². The molecule has 0 spiro atoms. The summed E-state index contributed by atoms with van der Waals surface area (Å²) < 4.78 is 0. The lowest BCUT2D eigenvalue weighted by Gasteiger charge is -2.02. The maximum Gasteiger partial charge on any atom is 0.363 e. The summed E-state index contributed by atoms with van der Waals surface area (Å²) in [5, 5.41) is 15.8. The summed E-state index contributed by atoms with van der Waals surface area (Å²) in [5.41, 5.74) is 2.27. The van der Waals surface area contributed by atoms with Gasteiger partial charge in [0.1, 0.15) is 0 Å². The van der Waals surface area contributed by atoms with Crippen LogP contribution in [-0.2, 0) is 16.1 Å². The molecule has 5 heteroatoms. The Balaban J connectivity index is 1.87. The predicted octanol–water partition coefficient (Wildman–Crippen LogP) is 3.90. The number of hydrogen-bond donors (Lipinski definition) is 0. The summed E-state index contributed by atoms with van der Waals surface area (Å²) in [5.74, 6) is -0.624. The van der Waals surface area contributed by atoms with E-state index in [1.807, 2.05) is 36.4 Å². The van der Waals surface area contributed by atoms with Crippen molar-refractivity contribution in [3.63, 3.8) is 0 Å². The molecule has 0 saturated carbocycles. The molecule has 2 aromatic carbocycles. The van der Waals surface area contributed by atoms with E-state index in [0.29, 0.717) is 23.2 Å². The molecule has 0 N–H and O–H groups in total. The second-order valence-electron chi connectivity index (χ2n) is 4.49. The van der Waals surface area contributed by atoms with Crippen LogP contribution < -0.4 is 0 Å². The highest BCUT2D eigenvalue weighted by molar-refractivity contribution is 5.88. The van der Waals surface area contributed by atoms with Gasteiger partial charge in [-0.2, -0.15) is 5.26 Å². The summed E-state index contributed by atoms with van der Waals surface area (Å²) in [6.45, 7) is 3.69. The van der Waals surface area contributed by atoms with Crippen LogP contribution in [0.3, 0.4) is 0 Å². The minimum Gasteiger partial charge on any atom is -0.295 e. The molecule has 108 valence electrons. The molecule has 0 fully saturated rings. The van der Waals surface area contributed by atoms with Crippen molar-refractivity contribution in [1.82, 2.24) is 0 Å². The van der Waals surface area contributed by atoms with Gasteiger partial charge in [-0.05, 0) is 29.8 Å². The quantitative estimate of drug-likeness (QED) is 0.476. The Morgan fingerprint density at radius 2 is 1.82 bits per heavy atom. The lowest BCUT2D eigenvalue weighted by Crippen LogP contribution is -2.05. The van der Waals surface area contributed by atoms with Gasteiger partial charge in [0.05, 0.1) is 17.3 Å². The monoisotopic (exact) mass is 291 g/mol. The molecule has 0 aliphatic carbocycles. The molecule has 0 saturated heterocycles. The smallest absolute Gasteiger partial charge is 0.295 e. The van der Waals surface area contributed by atoms with Crippen LogP contribution in [0.4, 0.5) is 5.69 Å². The molecule has 0 atom stereocenters. The van der Waals surface area contributed by atoms with Gasteiger partial charge in [0.15, 0.2) is 0 Å². The van der Waals surface area contributed by atoms with Crippen molar-refractivity contribution in [2.75, 3.05) is 0 Å². The number of nitriles is 1. The highest BCUT2D eigenvalue weighted by Crippen LogP contribution is 2.14. The van der Waals surface area contributed by atoms with E-state index < -0.39 is 5.97 Å². The molecule has 0 aromatic heterocycles. The van der Waals surface area contributed by atoms with Crippen molar-refractivity contribution < 1.29 is 9.63 Å². The highest BCUT2D eigenvalue weighted by atomic mass is 16.7. The molecular formula is C17H13N3O2. The zero-order chi connectivity index (χ0) is 15.8. The predicted molar refractivity (Wildman–Crippen MR) is 81.1 cm³/mol. The molecule has 0 amide bonds.